The fourth-order valence-electron chi connectivity index (χ4n) is 2.88. The van der Waals surface area contributed by atoms with E-state index in [2.05, 4.69) is 5.32 Å². The third kappa shape index (κ3) is 4.04. The molecular formula is C21H20N2O3. The summed E-state index contributed by atoms with van der Waals surface area (Å²) in [5.41, 5.74) is 2.99. The molecule has 0 aliphatic carbocycles. The van der Waals surface area contributed by atoms with Gasteiger partial charge in [-0.25, -0.2) is 0 Å². The molecule has 0 spiro atoms. The first kappa shape index (κ1) is 17.6. The molecule has 1 atom stereocenters. The van der Waals surface area contributed by atoms with Crippen molar-refractivity contribution in [2.45, 2.75) is 26.4 Å². The molecule has 1 aliphatic heterocycles. The normalized spacial score (nSPS) is 15.2. The zero-order chi connectivity index (χ0) is 18.5. The van der Waals surface area contributed by atoms with Crippen LogP contribution in [0.2, 0.25) is 0 Å². The molecule has 1 N–H and O–H groups in total. The molecule has 1 amide bonds. The number of carbonyl (C=O) groups is 1. The van der Waals surface area contributed by atoms with E-state index in [4.69, 9.17) is 14.7 Å². The van der Waals surface area contributed by atoms with Gasteiger partial charge in [0.25, 0.3) is 0 Å². The summed E-state index contributed by atoms with van der Waals surface area (Å²) in [6, 6.07) is 12.7. The first-order valence-corrected chi connectivity index (χ1v) is 8.54. The number of hydrogen-bond acceptors (Lipinski definition) is 4. The molecule has 132 valence electrons. The molecular weight excluding hydrogens is 328 g/mol. The van der Waals surface area contributed by atoms with Crippen LogP contribution in [-0.2, 0) is 11.2 Å². The van der Waals surface area contributed by atoms with Crippen molar-refractivity contribution >= 4 is 17.7 Å². The predicted molar refractivity (Wildman–Crippen MR) is 100 cm³/mol. The topological polar surface area (TPSA) is 71.3 Å². The average molecular weight is 348 g/mol. The van der Waals surface area contributed by atoms with Gasteiger partial charge in [-0.1, -0.05) is 6.07 Å². The summed E-state index contributed by atoms with van der Waals surface area (Å²) in [6.45, 7) is 4.50. The van der Waals surface area contributed by atoms with E-state index in [0.717, 1.165) is 29.0 Å². The summed E-state index contributed by atoms with van der Waals surface area (Å²) in [4.78, 5) is 12.2. The summed E-state index contributed by atoms with van der Waals surface area (Å²) in [5.74, 6) is 1.29. The highest BCUT2D eigenvalue weighted by atomic mass is 16.5. The Morgan fingerprint density at radius 1 is 1.42 bits per heavy atom. The van der Waals surface area contributed by atoms with Crippen LogP contribution in [0.5, 0.6) is 11.5 Å². The Kier molecular flexibility index (Phi) is 5.23. The zero-order valence-electron chi connectivity index (χ0n) is 14.8. The minimum Gasteiger partial charge on any atom is -0.493 e. The van der Waals surface area contributed by atoms with Crippen LogP contribution in [0.4, 0.5) is 5.69 Å². The first-order chi connectivity index (χ1) is 12.6. The molecule has 0 bridgehead atoms. The Labute approximate surface area is 152 Å². The van der Waals surface area contributed by atoms with E-state index >= 15 is 0 Å². The number of ether oxygens (including phenoxy) is 2. The number of nitrogens with zero attached hydrogens (tertiary/aromatic N) is 1. The highest BCUT2D eigenvalue weighted by Crippen LogP contribution is 2.35. The molecule has 0 radical (unpaired) electrons. The fourth-order valence-corrected chi connectivity index (χ4v) is 2.88. The van der Waals surface area contributed by atoms with Crippen molar-refractivity contribution < 1.29 is 14.3 Å². The molecule has 5 nitrogen and oxygen atoms in total. The predicted octanol–water partition coefficient (Wildman–Crippen LogP) is 3.93. The van der Waals surface area contributed by atoms with E-state index in [0.29, 0.717) is 17.9 Å². The van der Waals surface area contributed by atoms with Gasteiger partial charge in [-0.15, -0.1) is 0 Å². The van der Waals surface area contributed by atoms with Gasteiger partial charge in [-0.2, -0.15) is 5.26 Å². The molecule has 26 heavy (non-hydrogen) atoms. The Morgan fingerprint density at radius 2 is 2.27 bits per heavy atom. The molecule has 2 aromatic rings. The van der Waals surface area contributed by atoms with Gasteiger partial charge in [0.05, 0.1) is 18.2 Å². The van der Waals surface area contributed by atoms with Crippen molar-refractivity contribution in [2.75, 3.05) is 11.9 Å². The Bertz CT molecular complexity index is 897. The number of fused-ring (bicyclic) bond motifs is 1. The Morgan fingerprint density at radius 3 is 3.04 bits per heavy atom. The average Bonchev–Trinajstić information content (AvgIpc) is 2.99. The van der Waals surface area contributed by atoms with Crippen LogP contribution in [0.25, 0.3) is 6.08 Å². The van der Waals surface area contributed by atoms with Crippen LogP contribution in [0.15, 0.2) is 42.5 Å². The van der Waals surface area contributed by atoms with E-state index in [1.165, 1.54) is 6.08 Å². The minimum absolute atomic E-state index is 0.148. The number of hydrogen-bond donors (Lipinski definition) is 1. The van der Waals surface area contributed by atoms with Gasteiger partial charge in [0.15, 0.2) is 0 Å². The van der Waals surface area contributed by atoms with Crippen LogP contribution in [0, 0.1) is 11.3 Å². The molecule has 3 rings (SSSR count). The lowest BCUT2D eigenvalue weighted by atomic mass is 10.1. The van der Waals surface area contributed by atoms with Gasteiger partial charge >= 0.3 is 0 Å². The van der Waals surface area contributed by atoms with Crippen molar-refractivity contribution in [3.05, 3.63) is 59.2 Å². The number of rotatable bonds is 5. The number of benzene rings is 2. The highest BCUT2D eigenvalue weighted by Gasteiger charge is 2.21. The second-order valence-electron chi connectivity index (χ2n) is 6.08. The molecule has 1 aliphatic rings. The summed E-state index contributed by atoms with van der Waals surface area (Å²) in [5, 5.41) is 11.7. The van der Waals surface area contributed by atoms with Crippen molar-refractivity contribution in [1.82, 2.24) is 0 Å². The number of anilines is 1. The van der Waals surface area contributed by atoms with E-state index in [-0.39, 0.29) is 12.0 Å². The highest BCUT2D eigenvalue weighted by molar-refractivity contribution is 6.02. The molecule has 0 unspecified atom stereocenters. The van der Waals surface area contributed by atoms with Gasteiger partial charge in [-0.3, -0.25) is 4.79 Å². The third-order valence-corrected chi connectivity index (χ3v) is 4.00. The SMILES string of the molecule is CCOc1cc2c(cc1/C=C/C(=O)Nc1cccc(C#N)c1)O[C@H](C)C2. The minimum atomic E-state index is -0.280. The van der Waals surface area contributed by atoms with Gasteiger partial charge < -0.3 is 14.8 Å². The van der Waals surface area contributed by atoms with E-state index in [9.17, 15) is 4.79 Å². The standard InChI is InChI=1S/C21H20N2O3/c1-3-25-19-12-17-9-14(2)26-20(17)11-16(19)7-8-21(24)23-18-6-4-5-15(10-18)13-22/h4-8,10-12,14H,3,9H2,1-2H3,(H,23,24)/b8-7+/t14-/m1/s1. The smallest absolute Gasteiger partial charge is 0.248 e. The second-order valence-corrected chi connectivity index (χ2v) is 6.08. The molecule has 0 saturated heterocycles. The lowest BCUT2D eigenvalue weighted by molar-refractivity contribution is -0.111. The van der Waals surface area contributed by atoms with Crippen LogP contribution >= 0.6 is 0 Å². The monoisotopic (exact) mass is 348 g/mol. The van der Waals surface area contributed by atoms with E-state index in [1.54, 1.807) is 30.3 Å². The maximum Gasteiger partial charge on any atom is 0.248 e. The Balaban J connectivity index is 1.77. The first-order valence-electron chi connectivity index (χ1n) is 8.54. The fraction of sp³-hybridized carbons (Fsp3) is 0.238. The van der Waals surface area contributed by atoms with Gasteiger partial charge in [0.2, 0.25) is 5.91 Å². The maximum atomic E-state index is 12.2. The van der Waals surface area contributed by atoms with Gasteiger partial charge in [0, 0.05) is 29.3 Å². The van der Waals surface area contributed by atoms with E-state index in [1.807, 2.05) is 32.0 Å². The summed E-state index contributed by atoms with van der Waals surface area (Å²) < 4.78 is 11.5. The number of amides is 1. The molecule has 0 fully saturated rings. The number of nitrogens with one attached hydrogen (secondary N) is 1. The van der Waals surface area contributed by atoms with Crippen molar-refractivity contribution in [3.8, 4) is 17.6 Å². The van der Waals surface area contributed by atoms with Crippen LogP contribution in [0.3, 0.4) is 0 Å². The van der Waals surface area contributed by atoms with Crippen molar-refractivity contribution in [1.29, 1.82) is 5.26 Å². The van der Waals surface area contributed by atoms with Gasteiger partial charge in [-0.05, 0) is 50.3 Å². The number of nitriles is 1. The quantitative estimate of drug-likeness (QED) is 0.831. The van der Waals surface area contributed by atoms with Crippen LogP contribution in [-0.4, -0.2) is 18.6 Å². The summed E-state index contributed by atoms with van der Waals surface area (Å²) >= 11 is 0. The van der Waals surface area contributed by atoms with Crippen LogP contribution in [0.1, 0.15) is 30.5 Å². The zero-order valence-corrected chi connectivity index (χ0v) is 14.8. The second kappa shape index (κ2) is 7.75. The largest absolute Gasteiger partial charge is 0.493 e. The van der Waals surface area contributed by atoms with E-state index < -0.39 is 0 Å². The maximum absolute atomic E-state index is 12.2. The molecule has 5 heteroatoms. The molecule has 1 heterocycles. The third-order valence-electron chi connectivity index (χ3n) is 4.00. The molecule has 0 saturated carbocycles. The lowest BCUT2D eigenvalue weighted by Gasteiger charge is -2.10. The molecule has 0 aromatic heterocycles. The van der Waals surface area contributed by atoms with Crippen LogP contribution < -0.4 is 14.8 Å². The molecule has 2 aromatic carbocycles. The van der Waals surface area contributed by atoms with Gasteiger partial charge in [0.1, 0.15) is 17.6 Å². The Hall–Kier alpha value is -3.26. The van der Waals surface area contributed by atoms with Crippen molar-refractivity contribution in [2.24, 2.45) is 0 Å². The number of carbonyl (C=O) groups excluding carboxylic acids is 1. The lowest BCUT2D eigenvalue weighted by Crippen LogP contribution is -2.07. The summed E-state index contributed by atoms with van der Waals surface area (Å²) in [7, 11) is 0. The summed E-state index contributed by atoms with van der Waals surface area (Å²) in [6.07, 6.45) is 4.16. The van der Waals surface area contributed by atoms with Crippen molar-refractivity contribution in [3.63, 3.8) is 0 Å².